The van der Waals surface area contributed by atoms with Crippen molar-refractivity contribution in [1.29, 1.82) is 0 Å². The second kappa shape index (κ2) is 7.03. The van der Waals surface area contributed by atoms with Crippen molar-refractivity contribution in [3.8, 4) is 5.75 Å². The molecule has 2 heterocycles. The first-order valence-corrected chi connectivity index (χ1v) is 10.1. The summed E-state index contributed by atoms with van der Waals surface area (Å²) in [5.74, 6) is 1.00. The Kier molecular flexibility index (Phi) is 4.35. The highest BCUT2D eigenvalue weighted by Gasteiger charge is 2.49. The third kappa shape index (κ3) is 3.09. The van der Waals surface area contributed by atoms with E-state index in [1.807, 2.05) is 37.3 Å². The van der Waals surface area contributed by atoms with Crippen LogP contribution in [0, 0.1) is 11.8 Å². The summed E-state index contributed by atoms with van der Waals surface area (Å²) in [5.41, 5.74) is 4.37. The molecule has 29 heavy (non-hydrogen) atoms. The monoisotopic (exact) mass is 385 g/mol. The predicted octanol–water partition coefficient (Wildman–Crippen LogP) is 4.77. The molecule has 5 rings (SSSR count). The molecular weight excluding hydrogens is 362 g/mol. The fourth-order valence-corrected chi connectivity index (χ4v) is 4.86. The van der Waals surface area contributed by atoms with E-state index in [9.17, 15) is 4.79 Å². The summed E-state index contributed by atoms with van der Waals surface area (Å²) in [4.78, 5) is 17.1. The molecule has 0 radical (unpaired) electrons. The normalized spacial score (nSPS) is 25.7. The molecule has 0 saturated carbocycles. The Morgan fingerprint density at radius 1 is 1.14 bits per heavy atom. The number of allylic oxidation sites excluding steroid dienone is 1. The van der Waals surface area contributed by atoms with Gasteiger partial charge in [0.25, 0.3) is 0 Å². The molecule has 4 heteroatoms. The summed E-state index contributed by atoms with van der Waals surface area (Å²) in [6, 6.07) is 18.4. The van der Waals surface area contributed by atoms with Gasteiger partial charge in [-0.3, -0.25) is 4.79 Å². The highest BCUT2D eigenvalue weighted by atomic mass is 16.6. The van der Waals surface area contributed by atoms with Crippen LogP contribution in [0.15, 0.2) is 60.7 Å². The standard InChI is InChI=1S/C25H23NO3/c1-15-24-21(20-6-4-3-5-16(20)14-22(24)25(27)29-15)11-9-18-8-7-17-13-19(28-2)10-12-23(17)26-18/h3-13,15,21-22,24H,14H2,1-2H3/b11-9+/t15-,21+,22+,24-/m1/s1. The van der Waals surface area contributed by atoms with Gasteiger partial charge in [-0.2, -0.15) is 0 Å². The van der Waals surface area contributed by atoms with Crippen LogP contribution in [-0.2, 0) is 16.0 Å². The van der Waals surface area contributed by atoms with E-state index in [4.69, 9.17) is 14.5 Å². The van der Waals surface area contributed by atoms with E-state index in [0.29, 0.717) is 0 Å². The van der Waals surface area contributed by atoms with E-state index in [-0.39, 0.29) is 29.8 Å². The lowest BCUT2D eigenvalue weighted by Gasteiger charge is -2.33. The largest absolute Gasteiger partial charge is 0.497 e. The van der Waals surface area contributed by atoms with Crippen molar-refractivity contribution >= 4 is 22.9 Å². The van der Waals surface area contributed by atoms with E-state index in [1.165, 1.54) is 11.1 Å². The van der Waals surface area contributed by atoms with Crippen molar-refractivity contribution in [1.82, 2.24) is 4.98 Å². The topological polar surface area (TPSA) is 48.4 Å². The lowest BCUT2D eigenvalue weighted by molar-refractivity contribution is -0.143. The molecule has 1 aliphatic carbocycles. The predicted molar refractivity (Wildman–Crippen MR) is 113 cm³/mol. The number of rotatable bonds is 3. The summed E-state index contributed by atoms with van der Waals surface area (Å²) in [6.45, 7) is 2.01. The van der Waals surface area contributed by atoms with E-state index < -0.39 is 0 Å². The number of carbonyl (C=O) groups is 1. The average Bonchev–Trinajstić information content (AvgIpc) is 3.04. The number of pyridine rings is 1. The number of cyclic esters (lactones) is 1. The van der Waals surface area contributed by atoms with Crippen molar-refractivity contribution in [2.24, 2.45) is 11.8 Å². The van der Waals surface area contributed by atoms with Crippen LogP contribution in [0.4, 0.5) is 0 Å². The number of esters is 1. The minimum atomic E-state index is -0.0764. The molecule has 2 aromatic carbocycles. The lowest BCUT2D eigenvalue weighted by atomic mass is 9.68. The van der Waals surface area contributed by atoms with Gasteiger partial charge in [0.1, 0.15) is 11.9 Å². The van der Waals surface area contributed by atoms with Crippen molar-refractivity contribution in [3.63, 3.8) is 0 Å². The zero-order chi connectivity index (χ0) is 20.0. The molecule has 0 amide bonds. The molecule has 1 saturated heterocycles. The van der Waals surface area contributed by atoms with Gasteiger partial charge in [-0.25, -0.2) is 4.98 Å². The summed E-state index contributed by atoms with van der Waals surface area (Å²) < 4.78 is 10.9. The maximum absolute atomic E-state index is 12.4. The molecule has 1 aliphatic heterocycles. The average molecular weight is 385 g/mol. The lowest BCUT2D eigenvalue weighted by Crippen LogP contribution is -2.31. The second-order valence-electron chi connectivity index (χ2n) is 7.91. The van der Waals surface area contributed by atoms with Crippen LogP contribution in [0.1, 0.15) is 29.7 Å². The fourth-order valence-electron chi connectivity index (χ4n) is 4.86. The zero-order valence-electron chi connectivity index (χ0n) is 16.5. The van der Waals surface area contributed by atoms with Crippen LogP contribution in [0.3, 0.4) is 0 Å². The van der Waals surface area contributed by atoms with E-state index >= 15 is 0 Å². The van der Waals surface area contributed by atoms with Crippen molar-refractivity contribution in [2.75, 3.05) is 7.11 Å². The van der Waals surface area contributed by atoms with Crippen LogP contribution in [0.5, 0.6) is 5.75 Å². The Bertz CT molecular complexity index is 1120. The van der Waals surface area contributed by atoms with E-state index in [0.717, 1.165) is 28.8 Å². The molecule has 2 aliphatic rings. The summed E-state index contributed by atoms with van der Waals surface area (Å²) in [7, 11) is 1.67. The highest BCUT2D eigenvalue weighted by Crippen LogP contribution is 2.47. The smallest absolute Gasteiger partial charge is 0.310 e. The molecule has 1 aromatic heterocycles. The minimum Gasteiger partial charge on any atom is -0.497 e. The van der Waals surface area contributed by atoms with E-state index in [1.54, 1.807) is 7.11 Å². The van der Waals surface area contributed by atoms with Crippen molar-refractivity contribution in [2.45, 2.75) is 25.4 Å². The molecule has 0 spiro atoms. The molecule has 146 valence electrons. The first kappa shape index (κ1) is 17.9. The molecule has 4 atom stereocenters. The Balaban J connectivity index is 1.51. The minimum absolute atomic E-state index is 0.0619. The molecule has 0 unspecified atom stereocenters. The number of nitrogens with zero attached hydrogens (tertiary/aromatic N) is 1. The molecule has 0 N–H and O–H groups in total. The highest BCUT2D eigenvalue weighted by molar-refractivity contribution is 5.81. The van der Waals surface area contributed by atoms with Gasteiger partial charge < -0.3 is 9.47 Å². The number of aromatic nitrogens is 1. The first-order valence-electron chi connectivity index (χ1n) is 10.1. The Hall–Kier alpha value is -3.14. The molecule has 4 nitrogen and oxygen atoms in total. The third-order valence-electron chi connectivity index (χ3n) is 6.27. The van der Waals surface area contributed by atoms with Gasteiger partial charge >= 0.3 is 5.97 Å². The van der Waals surface area contributed by atoms with Crippen LogP contribution in [0.2, 0.25) is 0 Å². The second-order valence-corrected chi connectivity index (χ2v) is 7.91. The number of fused-ring (bicyclic) bond motifs is 3. The maximum Gasteiger partial charge on any atom is 0.310 e. The van der Waals surface area contributed by atoms with Crippen LogP contribution < -0.4 is 4.74 Å². The maximum atomic E-state index is 12.4. The summed E-state index contributed by atoms with van der Waals surface area (Å²) >= 11 is 0. The quantitative estimate of drug-likeness (QED) is 0.609. The zero-order valence-corrected chi connectivity index (χ0v) is 16.5. The van der Waals surface area contributed by atoms with Gasteiger partial charge in [-0.15, -0.1) is 0 Å². The van der Waals surface area contributed by atoms with Gasteiger partial charge in [0.05, 0.1) is 24.2 Å². The number of methoxy groups -OCH3 is 1. The third-order valence-corrected chi connectivity index (χ3v) is 6.27. The fraction of sp³-hybridized carbons (Fsp3) is 0.280. The number of ether oxygens (including phenoxy) is 2. The number of hydrogen-bond acceptors (Lipinski definition) is 4. The van der Waals surface area contributed by atoms with Crippen molar-refractivity contribution in [3.05, 3.63) is 77.5 Å². The molecule has 3 aromatic rings. The van der Waals surface area contributed by atoms with Crippen LogP contribution >= 0.6 is 0 Å². The Labute approximate surface area is 170 Å². The number of carbonyl (C=O) groups excluding carboxylic acids is 1. The molecular formula is C25H23NO3. The summed E-state index contributed by atoms with van der Waals surface area (Å²) in [6.07, 6.45) is 4.96. The van der Waals surface area contributed by atoms with Crippen LogP contribution in [-0.4, -0.2) is 24.2 Å². The Morgan fingerprint density at radius 2 is 2.00 bits per heavy atom. The van der Waals surface area contributed by atoms with Gasteiger partial charge in [0.15, 0.2) is 0 Å². The first-order chi connectivity index (χ1) is 14.1. The number of benzene rings is 2. The number of hydrogen-bond donors (Lipinski definition) is 0. The van der Waals surface area contributed by atoms with Gasteiger partial charge in [-0.05, 0) is 54.8 Å². The van der Waals surface area contributed by atoms with Gasteiger partial charge in [0, 0.05) is 17.2 Å². The van der Waals surface area contributed by atoms with E-state index in [2.05, 4.69) is 36.4 Å². The van der Waals surface area contributed by atoms with Crippen molar-refractivity contribution < 1.29 is 14.3 Å². The molecule has 1 fully saturated rings. The summed E-state index contributed by atoms with van der Waals surface area (Å²) in [5, 5.41) is 1.05. The van der Waals surface area contributed by atoms with Gasteiger partial charge in [0.2, 0.25) is 0 Å². The van der Waals surface area contributed by atoms with Crippen LogP contribution in [0.25, 0.3) is 17.0 Å². The molecule has 0 bridgehead atoms. The Morgan fingerprint density at radius 3 is 2.86 bits per heavy atom. The SMILES string of the molecule is COc1ccc2nc(/C=C/[C@H]3c4ccccc4C[C@@H]4C(=O)O[C@H](C)[C@@H]43)ccc2c1. The van der Waals surface area contributed by atoms with Gasteiger partial charge in [-0.1, -0.05) is 36.4 Å².